The Morgan fingerprint density at radius 3 is 2.94 bits per heavy atom. The summed E-state index contributed by atoms with van der Waals surface area (Å²) in [6.07, 6.45) is 0.882. The average Bonchev–Trinajstić information content (AvgIpc) is 2.78. The van der Waals surface area contributed by atoms with Crippen LogP contribution in [0.2, 0.25) is 5.02 Å². The molecule has 0 spiro atoms. The number of anilines is 2. The predicted octanol–water partition coefficient (Wildman–Crippen LogP) is 3.78. The topological polar surface area (TPSA) is 38.0 Å². The van der Waals surface area contributed by atoms with Gasteiger partial charge in [0.05, 0.1) is 16.4 Å². The smallest absolute Gasteiger partial charge is 0.143 e. The molecule has 0 aliphatic rings. The second-order valence-electron chi connectivity index (χ2n) is 3.66. The number of rotatable bonds is 4. The highest BCUT2D eigenvalue weighted by Crippen LogP contribution is 2.26. The molecule has 0 unspecified atom stereocenters. The summed E-state index contributed by atoms with van der Waals surface area (Å²) in [6.45, 7) is 0.710. The first-order valence-electron chi connectivity index (χ1n) is 5.16. The largest absolute Gasteiger partial charge is 0.397 e. The normalized spacial score (nSPS) is 10.5. The van der Waals surface area contributed by atoms with E-state index in [1.165, 1.54) is 17.7 Å². The lowest BCUT2D eigenvalue weighted by molar-refractivity contribution is 0.629. The average molecular weight is 271 g/mol. The summed E-state index contributed by atoms with van der Waals surface area (Å²) < 4.78 is 13.2. The minimum Gasteiger partial charge on any atom is -0.397 e. The van der Waals surface area contributed by atoms with Crippen LogP contribution in [0.1, 0.15) is 5.56 Å². The molecule has 5 heteroatoms. The Bertz CT molecular complexity index is 499. The van der Waals surface area contributed by atoms with Gasteiger partial charge in [0, 0.05) is 12.6 Å². The molecule has 0 amide bonds. The maximum absolute atomic E-state index is 13.2. The maximum Gasteiger partial charge on any atom is 0.143 e. The van der Waals surface area contributed by atoms with Crippen molar-refractivity contribution in [1.82, 2.24) is 0 Å². The Hall–Kier alpha value is -1.26. The number of nitrogen functional groups attached to an aromatic ring is 1. The third-order valence-electron chi connectivity index (χ3n) is 2.40. The number of hydrogen-bond donors (Lipinski definition) is 2. The van der Waals surface area contributed by atoms with Gasteiger partial charge in [0.15, 0.2) is 0 Å². The van der Waals surface area contributed by atoms with Crippen molar-refractivity contribution in [3.63, 3.8) is 0 Å². The molecule has 2 nitrogen and oxygen atoms in total. The van der Waals surface area contributed by atoms with Crippen LogP contribution in [0.15, 0.2) is 29.0 Å². The number of nitrogens with one attached hydrogen (secondary N) is 1. The van der Waals surface area contributed by atoms with Crippen LogP contribution in [0.5, 0.6) is 0 Å². The first-order chi connectivity index (χ1) is 8.16. The molecular formula is C12H12ClFN2S. The Labute approximate surface area is 108 Å². The van der Waals surface area contributed by atoms with E-state index < -0.39 is 5.82 Å². The Morgan fingerprint density at radius 2 is 2.24 bits per heavy atom. The maximum atomic E-state index is 13.2. The monoisotopic (exact) mass is 270 g/mol. The number of benzene rings is 1. The molecule has 90 valence electrons. The molecule has 2 rings (SSSR count). The third-order valence-corrected chi connectivity index (χ3v) is 3.42. The molecule has 0 saturated heterocycles. The van der Waals surface area contributed by atoms with Gasteiger partial charge in [-0.05, 0) is 34.9 Å². The van der Waals surface area contributed by atoms with Gasteiger partial charge < -0.3 is 11.1 Å². The van der Waals surface area contributed by atoms with E-state index in [4.69, 9.17) is 17.3 Å². The van der Waals surface area contributed by atoms with Crippen molar-refractivity contribution in [2.75, 3.05) is 17.6 Å². The molecule has 1 heterocycles. The zero-order valence-electron chi connectivity index (χ0n) is 9.04. The Balaban J connectivity index is 1.97. The summed E-state index contributed by atoms with van der Waals surface area (Å²) in [4.78, 5) is 0. The van der Waals surface area contributed by atoms with Crippen LogP contribution in [0.3, 0.4) is 0 Å². The van der Waals surface area contributed by atoms with Gasteiger partial charge in [0.1, 0.15) is 5.82 Å². The van der Waals surface area contributed by atoms with Crippen molar-refractivity contribution >= 4 is 34.3 Å². The lowest BCUT2D eigenvalue weighted by Crippen LogP contribution is -2.07. The van der Waals surface area contributed by atoms with E-state index in [-0.39, 0.29) is 5.02 Å². The van der Waals surface area contributed by atoms with Crippen LogP contribution in [0.25, 0.3) is 0 Å². The molecular weight excluding hydrogens is 259 g/mol. The first-order valence-corrected chi connectivity index (χ1v) is 6.48. The first kappa shape index (κ1) is 12.2. The molecule has 0 aliphatic heterocycles. The van der Waals surface area contributed by atoms with Crippen LogP contribution in [0, 0.1) is 5.82 Å². The summed E-state index contributed by atoms with van der Waals surface area (Å²) >= 11 is 7.28. The van der Waals surface area contributed by atoms with Crippen LogP contribution in [-0.4, -0.2) is 6.54 Å². The minimum absolute atomic E-state index is 0.0471. The molecule has 0 bridgehead atoms. The SMILES string of the molecule is Nc1cc(Cl)c(F)cc1NCCc1ccsc1. The van der Waals surface area contributed by atoms with Crippen molar-refractivity contribution in [2.45, 2.75) is 6.42 Å². The molecule has 17 heavy (non-hydrogen) atoms. The molecule has 0 aliphatic carbocycles. The fraction of sp³-hybridized carbons (Fsp3) is 0.167. The molecule has 0 atom stereocenters. The highest BCUT2D eigenvalue weighted by Gasteiger charge is 2.05. The van der Waals surface area contributed by atoms with Gasteiger partial charge in [-0.3, -0.25) is 0 Å². The molecule has 0 saturated carbocycles. The number of hydrogen-bond acceptors (Lipinski definition) is 3. The van der Waals surface area contributed by atoms with Crippen LogP contribution < -0.4 is 11.1 Å². The lowest BCUT2D eigenvalue weighted by Gasteiger charge is -2.09. The fourth-order valence-electron chi connectivity index (χ4n) is 1.49. The standard InChI is InChI=1S/C12H12ClFN2S/c13-9-5-11(15)12(6-10(9)14)16-3-1-8-2-4-17-7-8/h2,4-7,16H,1,3,15H2. The molecule has 0 radical (unpaired) electrons. The summed E-state index contributed by atoms with van der Waals surface area (Å²) in [7, 11) is 0. The molecule has 0 fully saturated rings. The second kappa shape index (κ2) is 5.38. The Kier molecular flexibility index (Phi) is 3.86. The van der Waals surface area contributed by atoms with Gasteiger partial charge in [-0.2, -0.15) is 11.3 Å². The molecule has 1 aromatic carbocycles. The molecule has 2 aromatic rings. The lowest BCUT2D eigenvalue weighted by atomic mass is 10.2. The zero-order valence-corrected chi connectivity index (χ0v) is 10.6. The van der Waals surface area contributed by atoms with Gasteiger partial charge >= 0.3 is 0 Å². The van der Waals surface area contributed by atoms with E-state index in [2.05, 4.69) is 16.8 Å². The van der Waals surface area contributed by atoms with E-state index >= 15 is 0 Å². The summed E-state index contributed by atoms with van der Waals surface area (Å²) in [5.74, 6) is -0.459. The minimum atomic E-state index is -0.459. The fourth-order valence-corrected chi connectivity index (χ4v) is 2.37. The molecule has 3 N–H and O–H groups in total. The van der Waals surface area contributed by atoms with E-state index in [9.17, 15) is 4.39 Å². The van der Waals surface area contributed by atoms with Gasteiger partial charge in [0.25, 0.3) is 0 Å². The van der Waals surface area contributed by atoms with Crippen molar-refractivity contribution in [3.05, 3.63) is 45.4 Å². The summed E-state index contributed by atoms with van der Waals surface area (Å²) in [5, 5.41) is 7.27. The second-order valence-corrected chi connectivity index (χ2v) is 4.85. The van der Waals surface area contributed by atoms with Crippen molar-refractivity contribution in [3.8, 4) is 0 Å². The summed E-state index contributed by atoms with van der Waals surface area (Å²) in [5.41, 5.74) is 8.04. The molecule has 1 aromatic heterocycles. The zero-order chi connectivity index (χ0) is 12.3. The summed E-state index contributed by atoms with van der Waals surface area (Å²) in [6, 6.07) is 4.81. The van der Waals surface area contributed by atoms with Gasteiger partial charge in [-0.15, -0.1) is 0 Å². The van der Waals surface area contributed by atoms with Crippen LogP contribution >= 0.6 is 22.9 Å². The van der Waals surface area contributed by atoms with E-state index in [0.29, 0.717) is 17.9 Å². The van der Waals surface area contributed by atoms with Crippen molar-refractivity contribution < 1.29 is 4.39 Å². The van der Waals surface area contributed by atoms with Crippen LogP contribution in [0.4, 0.5) is 15.8 Å². The van der Waals surface area contributed by atoms with Crippen molar-refractivity contribution in [1.29, 1.82) is 0 Å². The van der Waals surface area contributed by atoms with Crippen molar-refractivity contribution in [2.24, 2.45) is 0 Å². The third kappa shape index (κ3) is 3.11. The van der Waals surface area contributed by atoms with Crippen LogP contribution in [-0.2, 0) is 6.42 Å². The highest BCUT2D eigenvalue weighted by molar-refractivity contribution is 7.07. The quantitative estimate of drug-likeness (QED) is 0.830. The number of halogens is 2. The number of nitrogens with two attached hydrogens (primary N) is 1. The van der Waals surface area contributed by atoms with Gasteiger partial charge in [0.2, 0.25) is 0 Å². The number of thiophene rings is 1. The van der Waals surface area contributed by atoms with Gasteiger partial charge in [-0.1, -0.05) is 11.6 Å². The Morgan fingerprint density at radius 1 is 1.41 bits per heavy atom. The van der Waals surface area contributed by atoms with Gasteiger partial charge in [-0.25, -0.2) is 4.39 Å². The van der Waals surface area contributed by atoms with E-state index in [0.717, 1.165) is 6.42 Å². The highest BCUT2D eigenvalue weighted by atomic mass is 35.5. The predicted molar refractivity (Wildman–Crippen MR) is 72.3 cm³/mol. The van der Waals surface area contributed by atoms with E-state index in [1.807, 2.05) is 5.38 Å². The van der Waals surface area contributed by atoms with E-state index in [1.54, 1.807) is 11.3 Å².